The van der Waals surface area contributed by atoms with Crippen molar-refractivity contribution in [3.63, 3.8) is 0 Å². The maximum Gasteiger partial charge on any atom is 0.449 e. The van der Waals surface area contributed by atoms with E-state index in [1.165, 1.54) is 12.1 Å². The molecule has 1 fully saturated rings. The van der Waals surface area contributed by atoms with Crippen molar-refractivity contribution in [2.45, 2.75) is 38.4 Å². The molecule has 0 aliphatic carbocycles. The fourth-order valence-corrected chi connectivity index (χ4v) is 3.54. The van der Waals surface area contributed by atoms with Gasteiger partial charge in [0, 0.05) is 19.0 Å². The van der Waals surface area contributed by atoms with E-state index in [9.17, 15) is 18.0 Å². The Bertz CT molecular complexity index is 1000. The molecular formula is C18H18F3N5O2. The fourth-order valence-electron chi connectivity index (χ4n) is 3.54. The summed E-state index contributed by atoms with van der Waals surface area (Å²) in [6.45, 7) is 2.19. The Hall–Kier alpha value is -2.91. The van der Waals surface area contributed by atoms with E-state index in [1.807, 2.05) is 0 Å². The van der Waals surface area contributed by atoms with Gasteiger partial charge in [0.05, 0.1) is 11.0 Å². The number of likely N-dealkylation sites (tertiary alicyclic amines) is 1. The summed E-state index contributed by atoms with van der Waals surface area (Å²) in [5.41, 5.74) is 0.507. The van der Waals surface area contributed by atoms with E-state index < -0.39 is 18.5 Å². The number of nitrogens with zero attached hydrogens (tertiary/aromatic N) is 5. The third-order valence-corrected chi connectivity index (χ3v) is 4.94. The monoisotopic (exact) mass is 393 g/mol. The molecule has 0 N–H and O–H groups in total. The SMILES string of the molecule is Cc1noc(C2CCN(C(=O)Cn3c(C(F)(F)F)nc4ccccc43)CC2)n1. The van der Waals surface area contributed by atoms with Crippen molar-refractivity contribution < 1.29 is 22.5 Å². The molecule has 148 valence electrons. The molecule has 0 unspecified atom stereocenters. The van der Waals surface area contributed by atoms with E-state index in [4.69, 9.17) is 4.52 Å². The molecule has 3 aromatic rings. The van der Waals surface area contributed by atoms with E-state index >= 15 is 0 Å². The third-order valence-electron chi connectivity index (χ3n) is 4.94. The summed E-state index contributed by atoms with van der Waals surface area (Å²) in [5.74, 6) is -0.262. The summed E-state index contributed by atoms with van der Waals surface area (Å²) >= 11 is 0. The predicted octanol–water partition coefficient (Wildman–Crippen LogP) is 3.15. The molecule has 10 heteroatoms. The molecule has 2 aromatic heterocycles. The topological polar surface area (TPSA) is 77.0 Å². The van der Waals surface area contributed by atoms with Gasteiger partial charge in [0.2, 0.25) is 17.6 Å². The number of alkyl halides is 3. The summed E-state index contributed by atoms with van der Waals surface area (Å²) in [6, 6.07) is 6.28. The minimum absolute atomic E-state index is 0.0602. The zero-order valence-electron chi connectivity index (χ0n) is 15.1. The number of hydrogen-bond acceptors (Lipinski definition) is 5. The van der Waals surface area contributed by atoms with Crippen LogP contribution in [0.4, 0.5) is 13.2 Å². The second-order valence-corrected chi connectivity index (χ2v) is 6.84. The van der Waals surface area contributed by atoms with Gasteiger partial charge in [-0.15, -0.1) is 0 Å². The van der Waals surface area contributed by atoms with Gasteiger partial charge in [-0.05, 0) is 31.9 Å². The van der Waals surface area contributed by atoms with Gasteiger partial charge in [0.15, 0.2) is 5.82 Å². The van der Waals surface area contributed by atoms with Crippen LogP contribution in [0.3, 0.4) is 0 Å². The van der Waals surface area contributed by atoms with Gasteiger partial charge in [-0.2, -0.15) is 18.2 Å². The van der Waals surface area contributed by atoms with Gasteiger partial charge < -0.3 is 14.0 Å². The van der Waals surface area contributed by atoms with Crippen LogP contribution in [-0.2, 0) is 17.5 Å². The zero-order valence-corrected chi connectivity index (χ0v) is 15.1. The van der Waals surface area contributed by atoms with Gasteiger partial charge in [0.25, 0.3) is 0 Å². The molecule has 0 saturated carbocycles. The van der Waals surface area contributed by atoms with E-state index in [0.717, 1.165) is 4.57 Å². The lowest BCUT2D eigenvalue weighted by atomic mass is 9.97. The molecule has 0 atom stereocenters. The molecule has 1 aromatic carbocycles. The number of hydrogen-bond donors (Lipinski definition) is 0. The summed E-state index contributed by atoms with van der Waals surface area (Å²) in [5, 5.41) is 3.77. The van der Waals surface area contributed by atoms with Crippen molar-refractivity contribution in [2.75, 3.05) is 13.1 Å². The molecule has 0 spiro atoms. The smallest absolute Gasteiger partial charge is 0.341 e. The van der Waals surface area contributed by atoms with Crippen molar-refractivity contribution in [2.24, 2.45) is 0 Å². The Kier molecular flexibility index (Phi) is 4.56. The van der Waals surface area contributed by atoms with Crippen LogP contribution in [0.2, 0.25) is 0 Å². The standard InChI is InChI=1S/C18H18F3N5O2/c1-11-22-16(28-24-11)12-6-8-25(9-7-12)15(27)10-26-14-5-3-2-4-13(14)23-17(26)18(19,20)21/h2-5,12H,6-10H2,1H3. The summed E-state index contributed by atoms with van der Waals surface area (Å²) < 4.78 is 46.3. The van der Waals surface area contributed by atoms with Gasteiger partial charge in [0.1, 0.15) is 6.54 Å². The quantitative estimate of drug-likeness (QED) is 0.683. The van der Waals surface area contributed by atoms with Crippen molar-refractivity contribution in [3.8, 4) is 0 Å². The van der Waals surface area contributed by atoms with Crippen LogP contribution in [0, 0.1) is 6.92 Å². The van der Waals surface area contributed by atoms with E-state index in [-0.39, 0.29) is 17.3 Å². The predicted molar refractivity (Wildman–Crippen MR) is 92.3 cm³/mol. The molecule has 1 saturated heterocycles. The Labute approximate surface area is 158 Å². The van der Waals surface area contributed by atoms with Crippen molar-refractivity contribution in [3.05, 3.63) is 41.8 Å². The zero-order chi connectivity index (χ0) is 19.9. The van der Waals surface area contributed by atoms with E-state index in [0.29, 0.717) is 43.2 Å². The number of carbonyl (C=O) groups excluding carboxylic acids is 1. The Morgan fingerprint density at radius 1 is 1.21 bits per heavy atom. The summed E-state index contributed by atoms with van der Waals surface area (Å²) in [7, 11) is 0. The highest BCUT2D eigenvalue weighted by Gasteiger charge is 2.38. The van der Waals surface area contributed by atoms with Crippen LogP contribution in [0.5, 0.6) is 0 Å². The molecule has 0 bridgehead atoms. The lowest BCUT2D eigenvalue weighted by Gasteiger charge is -2.30. The maximum atomic E-state index is 13.4. The number of aromatic nitrogens is 4. The van der Waals surface area contributed by atoms with Crippen LogP contribution < -0.4 is 0 Å². The molecule has 0 radical (unpaired) electrons. The molecular weight excluding hydrogens is 375 g/mol. The first-order valence-corrected chi connectivity index (χ1v) is 8.93. The Morgan fingerprint density at radius 2 is 1.93 bits per heavy atom. The fraction of sp³-hybridized carbons (Fsp3) is 0.444. The minimum atomic E-state index is -4.64. The van der Waals surface area contributed by atoms with Crippen LogP contribution >= 0.6 is 0 Å². The number of para-hydroxylation sites is 2. The van der Waals surface area contributed by atoms with Crippen molar-refractivity contribution in [1.82, 2.24) is 24.6 Å². The van der Waals surface area contributed by atoms with Gasteiger partial charge in [-0.3, -0.25) is 4.79 Å². The van der Waals surface area contributed by atoms with Gasteiger partial charge >= 0.3 is 6.18 Å². The first-order chi connectivity index (χ1) is 13.3. The number of fused-ring (bicyclic) bond motifs is 1. The number of amides is 1. The second-order valence-electron chi connectivity index (χ2n) is 6.84. The molecule has 4 rings (SSSR count). The maximum absolute atomic E-state index is 13.4. The molecule has 1 aliphatic heterocycles. The normalized spacial score (nSPS) is 16.1. The average molecular weight is 393 g/mol. The average Bonchev–Trinajstić information content (AvgIpc) is 3.26. The number of carbonyl (C=O) groups is 1. The van der Waals surface area contributed by atoms with Crippen molar-refractivity contribution >= 4 is 16.9 Å². The number of imidazole rings is 1. The first-order valence-electron chi connectivity index (χ1n) is 8.93. The van der Waals surface area contributed by atoms with Gasteiger partial charge in [-0.25, -0.2) is 4.98 Å². The van der Waals surface area contributed by atoms with Crippen LogP contribution in [0.1, 0.15) is 36.3 Å². The Morgan fingerprint density at radius 3 is 2.57 bits per heavy atom. The highest BCUT2D eigenvalue weighted by molar-refractivity contribution is 5.81. The molecule has 28 heavy (non-hydrogen) atoms. The van der Waals surface area contributed by atoms with Crippen LogP contribution in [0.15, 0.2) is 28.8 Å². The summed E-state index contributed by atoms with van der Waals surface area (Å²) in [4.78, 5) is 22.2. The van der Waals surface area contributed by atoms with E-state index in [2.05, 4.69) is 15.1 Å². The third kappa shape index (κ3) is 3.46. The molecule has 7 nitrogen and oxygen atoms in total. The van der Waals surface area contributed by atoms with Crippen LogP contribution in [0.25, 0.3) is 11.0 Å². The molecule has 1 amide bonds. The molecule has 1 aliphatic rings. The van der Waals surface area contributed by atoms with Crippen LogP contribution in [-0.4, -0.2) is 43.6 Å². The number of aryl methyl sites for hydroxylation is 1. The number of benzene rings is 1. The lowest BCUT2D eigenvalue weighted by molar-refractivity contribution is -0.148. The number of rotatable bonds is 3. The second kappa shape index (κ2) is 6.92. The highest BCUT2D eigenvalue weighted by Crippen LogP contribution is 2.32. The van der Waals surface area contributed by atoms with Crippen molar-refractivity contribution in [1.29, 1.82) is 0 Å². The van der Waals surface area contributed by atoms with Gasteiger partial charge in [-0.1, -0.05) is 17.3 Å². The molecule has 3 heterocycles. The Balaban J connectivity index is 1.50. The first kappa shape index (κ1) is 18.5. The minimum Gasteiger partial charge on any atom is -0.341 e. The largest absolute Gasteiger partial charge is 0.449 e. The number of halogens is 3. The summed E-state index contributed by atoms with van der Waals surface area (Å²) in [6.07, 6.45) is -3.38. The number of piperidine rings is 1. The van der Waals surface area contributed by atoms with E-state index in [1.54, 1.807) is 24.0 Å². The highest BCUT2D eigenvalue weighted by atomic mass is 19.4. The lowest BCUT2D eigenvalue weighted by Crippen LogP contribution is -2.40.